The van der Waals surface area contributed by atoms with Gasteiger partial charge in [0.05, 0.1) is 14.2 Å². The predicted octanol–water partition coefficient (Wildman–Crippen LogP) is 2.93. The van der Waals surface area contributed by atoms with E-state index in [1.807, 2.05) is 49.5 Å². The number of anilines is 2. The molecule has 0 aliphatic heterocycles. The number of hydrogen-bond acceptors (Lipinski definition) is 4. The lowest BCUT2D eigenvalue weighted by atomic mass is 10.1. The second-order valence-electron chi connectivity index (χ2n) is 4.46. The SMILES string of the molecule is COc1ccc(N(C)c2cc(OC)ccc2CN)cc1. The quantitative estimate of drug-likeness (QED) is 0.909. The van der Waals surface area contributed by atoms with Gasteiger partial charge in [0.25, 0.3) is 0 Å². The molecule has 0 aliphatic rings. The zero-order valence-corrected chi connectivity index (χ0v) is 12.1. The topological polar surface area (TPSA) is 47.7 Å². The average Bonchev–Trinajstić information content (AvgIpc) is 2.53. The van der Waals surface area contributed by atoms with Crippen molar-refractivity contribution in [3.8, 4) is 11.5 Å². The Labute approximate surface area is 119 Å². The predicted molar refractivity (Wildman–Crippen MR) is 81.9 cm³/mol. The molecule has 4 heteroatoms. The van der Waals surface area contributed by atoms with Crippen LogP contribution in [0.3, 0.4) is 0 Å². The number of benzene rings is 2. The van der Waals surface area contributed by atoms with Crippen LogP contribution in [0.15, 0.2) is 42.5 Å². The van der Waals surface area contributed by atoms with Crippen LogP contribution >= 0.6 is 0 Å². The third-order valence-electron chi connectivity index (χ3n) is 3.33. The van der Waals surface area contributed by atoms with E-state index in [4.69, 9.17) is 15.2 Å². The van der Waals surface area contributed by atoms with Gasteiger partial charge in [0, 0.05) is 31.0 Å². The molecule has 0 spiro atoms. The lowest BCUT2D eigenvalue weighted by Gasteiger charge is -2.23. The minimum absolute atomic E-state index is 0.486. The second-order valence-corrected chi connectivity index (χ2v) is 4.46. The Morgan fingerprint density at radius 2 is 1.55 bits per heavy atom. The smallest absolute Gasteiger partial charge is 0.120 e. The maximum atomic E-state index is 5.82. The molecular weight excluding hydrogens is 252 g/mol. The summed E-state index contributed by atoms with van der Waals surface area (Å²) in [6.45, 7) is 0.486. The van der Waals surface area contributed by atoms with Crippen molar-refractivity contribution in [2.24, 2.45) is 5.73 Å². The molecule has 2 rings (SSSR count). The highest BCUT2D eigenvalue weighted by molar-refractivity contribution is 5.67. The first kappa shape index (κ1) is 14.2. The van der Waals surface area contributed by atoms with Gasteiger partial charge in [-0.1, -0.05) is 6.07 Å². The Balaban J connectivity index is 2.37. The van der Waals surface area contributed by atoms with E-state index in [9.17, 15) is 0 Å². The molecule has 106 valence electrons. The van der Waals surface area contributed by atoms with Gasteiger partial charge >= 0.3 is 0 Å². The number of rotatable bonds is 5. The third kappa shape index (κ3) is 2.86. The normalized spacial score (nSPS) is 10.2. The number of ether oxygens (including phenoxy) is 2. The van der Waals surface area contributed by atoms with Crippen LogP contribution in [0, 0.1) is 0 Å². The van der Waals surface area contributed by atoms with Crippen molar-refractivity contribution in [2.45, 2.75) is 6.54 Å². The highest BCUT2D eigenvalue weighted by atomic mass is 16.5. The molecule has 0 aliphatic carbocycles. The van der Waals surface area contributed by atoms with Crippen molar-refractivity contribution in [2.75, 3.05) is 26.2 Å². The Morgan fingerprint density at radius 3 is 2.10 bits per heavy atom. The molecule has 0 atom stereocenters. The number of methoxy groups -OCH3 is 2. The van der Waals surface area contributed by atoms with Crippen molar-refractivity contribution in [3.05, 3.63) is 48.0 Å². The van der Waals surface area contributed by atoms with Crippen LogP contribution in [0.5, 0.6) is 11.5 Å². The standard InChI is InChI=1S/C16H20N2O2/c1-18(13-5-8-14(19-2)9-6-13)16-10-15(20-3)7-4-12(16)11-17/h4-10H,11,17H2,1-3H3. The maximum absolute atomic E-state index is 5.82. The fraction of sp³-hybridized carbons (Fsp3) is 0.250. The lowest BCUT2D eigenvalue weighted by molar-refractivity contribution is 0.414. The van der Waals surface area contributed by atoms with Gasteiger partial charge in [-0.3, -0.25) is 0 Å². The van der Waals surface area contributed by atoms with Gasteiger partial charge < -0.3 is 20.1 Å². The zero-order chi connectivity index (χ0) is 14.5. The molecule has 0 radical (unpaired) electrons. The molecule has 2 N–H and O–H groups in total. The molecule has 0 heterocycles. The molecule has 0 saturated carbocycles. The van der Waals surface area contributed by atoms with Crippen molar-refractivity contribution in [1.82, 2.24) is 0 Å². The molecule has 2 aromatic carbocycles. The molecule has 0 fully saturated rings. The summed E-state index contributed by atoms with van der Waals surface area (Å²) in [6.07, 6.45) is 0. The molecule has 4 nitrogen and oxygen atoms in total. The summed E-state index contributed by atoms with van der Waals surface area (Å²) >= 11 is 0. The van der Waals surface area contributed by atoms with Gasteiger partial charge in [-0.25, -0.2) is 0 Å². The molecule has 2 aromatic rings. The van der Waals surface area contributed by atoms with E-state index < -0.39 is 0 Å². The minimum Gasteiger partial charge on any atom is -0.497 e. The third-order valence-corrected chi connectivity index (χ3v) is 3.33. The Morgan fingerprint density at radius 1 is 0.950 bits per heavy atom. The molecule has 0 bridgehead atoms. The van der Waals surface area contributed by atoms with E-state index in [1.165, 1.54) is 0 Å². The first-order chi connectivity index (χ1) is 9.69. The summed E-state index contributed by atoms with van der Waals surface area (Å²) in [6, 6.07) is 13.8. The van der Waals surface area contributed by atoms with E-state index in [0.29, 0.717) is 6.54 Å². The molecule has 0 aromatic heterocycles. The highest BCUT2D eigenvalue weighted by Gasteiger charge is 2.10. The Hall–Kier alpha value is -2.20. The van der Waals surface area contributed by atoms with Crippen LogP contribution in [0.4, 0.5) is 11.4 Å². The fourth-order valence-electron chi connectivity index (χ4n) is 2.10. The molecule has 0 unspecified atom stereocenters. The zero-order valence-electron chi connectivity index (χ0n) is 12.1. The average molecular weight is 272 g/mol. The van der Waals surface area contributed by atoms with E-state index in [-0.39, 0.29) is 0 Å². The van der Waals surface area contributed by atoms with Crippen molar-refractivity contribution < 1.29 is 9.47 Å². The fourth-order valence-corrected chi connectivity index (χ4v) is 2.10. The molecule has 20 heavy (non-hydrogen) atoms. The first-order valence-corrected chi connectivity index (χ1v) is 6.44. The van der Waals surface area contributed by atoms with Crippen molar-refractivity contribution in [1.29, 1.82) is 0 Å². The van der Waals surface area contributed by atoms with Gasteiger partial charge in [-0.2, -0.15) is 0 Å². The summed E-state index contributed by atoms with van der Waals surface area (Å²) in [7, 11) is 5.33. The van der Waals surface area contributed by atoms with Crippen molar-refractivity contribution >= 4 is 11.4 Å². The summed E-state index contributed by atoms with van der Waals surface area (Å²) in [5.74, 6) is 1.66. The largest absolute Gasteiger partial charge is 0.497 e. The van der Waals surface area contributed by atoms with Gasteiger partial charge in [-0.05, 0) is 35.9 Å². The molecular formula is C16H20N2O2. The van der Waals surface area contributed by atoms with Crippen molar-refractivity contribution in [3.63, 3.8) is 0 Å². The van der Waals surface area contributed by atoms with E-state index in [0.717, 1.165) is 28.4 Å². The number of nitrogens with zero attached hydrogens (tertiary/aromatic N) is 1. The summed E-state index contributed by atoms with van der Waals surface area (Å²) in [4.78, 5) is 2.09. The van der Waals surface area contributed by atoms with Gasteiger partial charge in [0.15, 0.2) is 0 Å². The van der Waals surface area contributed by atoms with Crippen LogP contribution in [0.1, 0.15) is 5.56 Å². The Bertz CT molecular complexity index is 567. The van der Waals surface area contributed by atoms with E-state index in [2.05, 4.69) is 4.90 Å². The van der Waals surface area contributed by atoms with Gasteiger partial charge in [0.1, 0.15) is 11.5 Å². The lowest BCUT2D eigenvalue weighted by Crippen LogP contribution is -2.13. The number of hydrogen-bond donors (Lipinski definition) is 1. The van der Waals surface area contributed by atoms with Gasteiger partial charge in [-0.15, -0.1) is 0 Å². The van der Waals surface area contributed by atoms with Crippen LogP contribution in [-0.2, 0) is 6.54 Å². The number of nitrogens with two attached hydrogens (primary N) is 1. The molecule has 0 amide bonds. The van der Waals surface area contributed by atoms with Crippen LogP contribution in [0.25, 0.3) is 0 Å². The Kier molecular flexibility index (Phi) is 4.48. The summed E-state index contributed by atoms with van der Waals surface area (Å²) < 4.78 is 10.5. The maximum Gasteiger partial charge on any atom is 0.120 e. The highest BCUT2D eigenvalue weighted by Crippen LogP contribution is 2.31. The first-order valence-electron chi connectivity index (χ1n) is 6.44. The summed E-state index contributed by atoms with van der Waals surface area (Å²) in [5.41, 5.74) is 8.99. The monoisotopic (exact) mass is 272 g/mol. The van der Waals surface area contributed by atoms with Crippen LogP contribution < -0.4 is 20.1 Å². The molecule has 0 saturated heterocycles. The van der Waals surface area contributed by atoms with Crippen LogP contribution in [-0.4, -0.2) is 21.3 Å². The van der Waals surface area contributed by atoms with Crippen LogP contribution in [0.2, 0.25) is 0 Å². The van der Waals surface area contributed by atoms with Gasteiger partial charge in [0.2, 0.25) is 0 Å². The minimum atomic E-state index is 0.486. The second kappa shape index (κ2) is 6.30. The van der Waals surface area contributed by atoms with E-state index >= 15 is 0 Å². The summed E-state index contributed by atoms with van der Waals surface area (Å²) in [5, 5.41) is 0. The van der Waals surface area contributed by atoms with E-state index in [1.54, 1.807) is 14.2 Å².